The van der Waals surface area contributed by atoms with Crippen molar-refractivity contribution in [3.63, 3.8) is 0 Å². The number of nitrogens with zero attached hydrogens (tertiary/aromatic N) is 3. The van der Waals surface area contributed by atoms with Crippen LogP contribution in [0.25, 0.3) is 5.69 Å². The Bertz CT molecular complexity index is 1200. The average Bonchev–Trinajstić information content (AvgIpc) is 3.20. The predicted molar refractivity (Wildman–Crippen MR) is 124 cm³/mol. The summed E-state index contributed by atoms with van der Waals surface area (Å²) in [5, 5.41) is 23.4. The van der Waals surface area contributed by atoms with E-state index in [4.69, 9.17) is 8.85 Å². The number of aliphatic hydroxyl groups is 1. The van der Waals surface area contributed by atoms with E-state index in [1.807, 2.05) is 6.07 Å². The van der Waals surface area contributed by atoms with Gasteiger partial charge < -0.3 is 15.2 Å². The molecule has 0 atom stereocenters. The first-order valence-corrected chi connectivity index (χ1v) is 11.6. The standard InChI is InChI=1S/C25H31F3N4O3/c1-4-21-31-22(23(33)30-15-24(34)10-7-16(2)8-11-24)19(14-29)32(21)18-6-5-17(13-20(18)35-3)9-12-25(26,27)28/h5-6,13,16,34H,4,7-12,15H2,1-3H3,(H,30,33)/i3D3. The Morgan fingerprint density at radius 3 is 2.74 bits per heavy atom. The van der Waals surface area contributed by atoms with Crippen molar-refractivity contribution in [2.75, 3.05) is 13.6 Å². The molecule has 7 nitrogen and oxygen atoms in total. The van der Waals surface area contributed by atoms with Crippen molar-refractivity contribution in [1.29, 1.82) is 5.26 Å². The highest BCUT2D eigenvalue weighted by atomic mass is 19.4. The van der Waals surface area contributed by atoms with Crippen molar-refractivity contribution in [3.8, 4) is 17.5 Å². The molecule has 1 aromatic heterocycles. The lowest BCUT2D eigenvalue weighted by molar-refractivity contribution is -0.134. The number of ether oxygens (including phenoxy) is 1. The van der Waals surface area contributed by atoms with Crippen LogP contribution in [0.1, 0.15) is 77.6 Å². The van der Waals surface area contributed by atoms with Crippen molar-refractivity contribution >= 4 is 5.91 Å². The number of alkyl halides is 3. The van der Waals surface area contributed by atoms with Gasteiger partial charge in [-0.2, -0.15) is 18.4 Å². The molecule has 1 amide bonds. The summed E-state index contributed by atoms with van der Waals surface area (Å²) in [5.74, 6) is -0.214. The zero-order chi connectivity index (χ0) is 28.3. The maximum Gasteiger partial charge on any atom is 0.389 e. The fraction of sp³-hybridized carbons (Fsp3) is 0.560. The van der Waals surface area contributed by atoms with E-state index < -0.39 is 37.6 Å². The van der Waals surface area contributed by atoms with E-state index in [-0.39, 0.29) is 47.2 Å². The molecule has 10 heteroatoms. The highest BCUT2D eigenvalue weighted by Crippen LogP contribution is 2.32. The molecule has 0 spiro atoms. The van der Waals surface area contributed by atoms with Crippen LogP contribution in [0.4, 0.5) is 13.2 Å². The summed E-state index contributed by atoms with van der Waals surface area (Å²) in [4.78, 5) is 17.4. The largest absolute Gasteiger partial charge is 0.495 e. The van der Waals surface area contributed by atoms with E-state index in [1.54, 1.807) is 6.92 Å². The van der Waals surface area contributed by atoms with Gasteiger partial charge in [-0.05, 0) is 55.7 Å². The van der Waals surface area contributed by atoms with Crippen LogP contribution in [0.15, 0.2) is 18.2 Å². The Morgan fingerprint density at radius 1 is 1.43 bits per heavy atom. The molecule has 2 aromatic rings. The Balaban J connectivity index is 1.98. The quantitative estimate of drug-likeness (QED) is 0.563. The minimum Gasteiger partial charge on any atom is -0.495 e. The third-order valence-electron chi connectivity index (χ3n) is 6.44. The SMILES string of the molecule is [2H]C([2H])([2H])Oc1cc(CCC(F)(F)F)ccc1-n1c(CC)nc(C(=O)NCC2(O)CCC(C)CC2)c1C#N. The fourth-order valence-corrected chi connectivity index (χ4v) is 4.30. The Labute approximate surface area is 207 Å². The second-order valence-corrected chi connectivity index (χ2v) is 9.13. The first kappa shape index (κ1) is 22.4. The molecule has 1 aromatic carbocycles. The van der Waals surface area contributed by atoms with E-state index in [9.17, 15) is 28.3 Å². The number of nitriles is 1. The zero-order valence-electron chi connectivity index (χ0n) is 22.7. The van der Waals surface area contributed by atoms with Crippen LogP contribution in [0.5, 0.6) is 5.75 Å². The number of methoxy groups -OCH3 is 1. The lowest BCUT2D eigenvalue weighted by Crippen LogP contribution is -2.45. The van der Waals surface area contributed by atoms with Gasteiger partial charge in [0.05, 0.1) is 22.4 Å². The topological polar surface area (TPSA) is 100 Å². The molecule has 0 unspecified atom stereocenters. The van der Waals surface area contributed by atoms with Crippen LogP contribution in [0.2, 0.25) is 0 Å². The van der Waals surface area contributed by atoms with Crippen molar-refractivity contribution in [3.05, 3.63) is 41.0 Å². The van der Waals surface area contributed by atoms with E-state index in [0.717, 1.165) is 12.8 Å². The smallest absolute Gasteiger partial charge is 0.389 e. The van der Waals surface area contributed by atoms with Gasteiger partial charge in [0.2, 0.25) is 0 Å². The molecule has 1 saturated carbocycles. The summed E-state index contributed by atoms with van der Waals surface area (Å²) in [6.45, 7) is 3.80. The lowest BCUT2D eigenvalue weighted by atomic mass is 9.79. The highest BCUT2D eigenvalue weighted by Gasteiger charge is 2.33. The van der Waals surface area contributed by atoms with E-state index in [1.165, 1.54) is 22.8 Å². The summed E-state index contributed by atoms with van der Waals surface area (Å²) >= 11 is 0. The van der Waals surface area contributed by atoms with Crippen molar-refractivity contribution in [2.45, 2.75) is 70.6 Å². The molecule has 1 heterocycles. The van der Waals surface area contributed by atoms with Gasteiger partial charge in [-0.15, -0.1) is 0 Å². The zero-order valence-corrected chi connectivity index (χ0v) is 19.7. The van der Waals surface area contributed by atoms with Crippen LogP contribution >= 0.6 is 0 Å². The molecule has 1 aliphatic rings. The molecule has 35 heavy (non-hydrogen) atoms. The molecule has 0 saturated heterocycles. The number of aromatic nitrogens is 2. The fourth-order valence-electron chi connectivity index (χ4n) is 4.30. The van der Waals surface area contributed by atoms with E-state index >= 15 is 0 Å². The van der Waals surface area contributed by atoms with Gasteiger partial charge in [0.15, 0.2) is 11.4 Å². The molecule has 0 radical (unpaired) electrons. The van der Waals surface area contributed by atoms with E-state index in [2.05, 4.69) is 17.2 Å². The molecule has 1 aliphatic carbocycles. The molecule has 1 fully saturated rings. The molecular formula is C25H31F3N4O3. The third-order valence-corrected chi connectivity index (χ3v) is 6.44. The number of amides is 1. The molecule has 0 bridgehead atoms. The number of imidazole rings is 1. The van der Waals surface area contributed by atoms with Crippen molar-refractivity contribution < 1.29 is 31.9 Å². The number of hydrogen-bond donors (Lipinski definition) is 2. The average molecular weight is 496 g/mol. The summed E-state index contributed by atoms with van der Waals surface area (Å²) in [5.41, 5.74) is -1.22. The van der Waals surface area contributed by atoms with Gasteiger partial charge in [-0.1, -0.05) is 19.9 Å². The maximum atomic E-state index is 13.1. The molecule has 0 aliphatic heterocycles. The lowest BCUT2D eigenvalue weighted by Gasteiger charge is -2.34. The first-order valence-electron chi connectivity index (χ1n) is 13.1. The highest BCUT2D eigenvalue weighted by molar-refractivity contribution is 5.94. The summed E-state index contributed by atoms with van der Waals surface area (Å²) < 4.78 is 67.1. The molecule has 3 rings (SSSR count). The maximum absolute atomic E-state index is 13.1. The van der Waals surface area contributed by atoms with Gasteiger partial charge in [0.1, 0.15) is 17.6 Å². The Morgan fingerprint density at radius 2 is 2.14 bits per heavy atom. The summed E-state index contributed by atoms with van der Waals surface area (Å²) in [7, 11) is -2.93. The van der Waals surface area contributed by atoms with Gasteiger partial charge in [0.25, 0.3) is 5.91 Å². The van der Waals surface area contributed by atoms with Gasteiger partial charge in [0, 0.05) is 19.4 Å². The van der Waals surface area contributed by atoms with Gasteiger partial charge in [-0.25, -0.2) is 4.98 Å². The Kier molecular flexibility index (Phi) is 6.84. The molecule has 190 valence electrons. The summed E-state index contributed by atoms with van der Waals surface area (Å²) in [6, 6.07) is 5.85. The second kappa shape index (κ2) is 10.7. The number of carbonyl (C=O) groups is 1. The number of halogens is 3. The molecule has 2 N–H and O–H groups in total. The normalized spacial score (nSPS) is 22.0. The number of nitrogens with one attached hydrogen (secondary N) is 1. The van der Waals surface area contributed by atoms with Crippen LogP contribution in [-0.2, 0) is 12.8 Å². The summed E-state index contributed by atoms with van der Waals surface area (Å²) in [6.07, 6.45) is -2.94. The van der Waals surface area contributed by atoms with Crippen LogP contribution < -0.4 is 10.1 Å². The Hall–Kier alpha value is -3.06. The number of hydrogen-bond acceptors (Lipinski definition) is 5. The van der Waals surface area contributed by atoms with Crippen molar-refractivity contribution in [2.24, 2.45) is 5.92 Å². The third kappa shape index (κ3) is 6.34. The van der Waals surface area contributed by atoms with Crippen LogP contribution in [-0.4, -0.2) is 45.9 Å². The number of rotatable bonds is 8. The van der Waals surface area contributed by atoms with E-state index in [0.29, 0.717) is 18.8 Å². The number of benzene rings is 1. The number of aryl methyl sites for hydroxylation is 2. The van der Waals surface area contributed by atoms with Crippen molar-refractivity contribution in [1.82, 2.24) is 14.9 Å². The van der Waals surface area contributed by atoms with Gasteiger partial charge >= 0.3 is 6.18 Å². The second-order valence-electron chi connectivity index (χ2n) is 9.13. The van der Waals surface area contributed by atoms with Crippen LogP contribution in [0, 0.1) is 17.2 Å². The first-order chi connectivity index (χ1) is 17.6. The number of carbonyl (C=O) groups excluding carboxylic acids is 1. The predicted octanol–water partition coefficient (Wildman–Crippen LogP) is 4.48. The van der Waals surface area contributed by atoms with Gasteiger partial charge in [-0.3, -0.25) is 9.36 Å². The minimum absolute atomic E-state index is 0.0148. The minimum atomic E-state index is -4.40. The van der Waals surface area contributed by atoms with Crippen LogP contribution in [0.3, 0.4) is 0 Å². The monoisotopic (exact) mass is 495 g/mol. The molecular weight excluding hydrogens is 461 g/mol.